The maximum atomic E-state index is 10.1. The zero-order valence-corrected chi connectivity index (χ0v) is 13.3. The molecular formula is C16H32N2O. The lowest BCUT2D eigenvalue weighted by atomic mass is 9.84. The van der Waals surface area contributed by atoms with Gasteiger partial charge in [0.05, 0.1) is 5.60 Å². The van der Waals surface area contributed by atoms with Crippen LogP contribution in [0.3, 0.4) is 0 Å². The quantitative estimate of drug-likeness (QED) is 0.822. The van der Waals surface area contributed by atoms with Crippen molar-refractivity contribution < 1.29 is 5.11 Å². The van der Waals surface area contributed by atoms with Crippen LogP contribution < -0.4 is 5.32 Å². The van der Waals surface area contributed by atoms with Gasteiger partial charge in [0.1, 0.15) is 0 Å². The lowest BCUT2D eigenvalue weighted by Gasteiger charge is -2.37. The third-order valence-corrected chi connectivity index (χ3v) is 4.75. The number of rotatable bonds is 4. The van der Waals surface area contributed by atoms with E-state index in [1.165, 1.54) is 25.7 Å². The van der Waals surface area contributed by atoms with Crippen LogP contribution in [0.2, 0.25) is 0 Å². The van der Waals surface area contributed by atoms with Crippen LogP contribution in [0.5, 0.6) is 0 Å². The molecule has 0 aromatic rings. The van der Waals surface area contributed by atoms with Crippen LogP contribution in [0, 0.1) is 5.41 Å². The van der Waals surface area contributed by atoms with Crippen LogP contribution in [0.15, 0.2) is 0 Å². The summed E-state index contributed by atoms with van der Waals surface area (Å²) in [5.41, 5.74) is 0.178. The predicted molar refractivity (Wildman–Crippen MR) is 80.3 cm³/mol. The fraction of sp³-hybridized carbons (Fsp3) is 1.00. The van der Waals surface area contributed by atoms with Gasteiger partial charge in [-0.25, -0.2) is 0 Å². The monoisotopic (exact) mass is 268 g/mol. The third-order valence-electron chi connectivity index (χ3n) is 4.75. The van der Waals surface area contributed by atoms with Crippen LogP contribution in [-0.2, 0) is 0 Å². The molecule has 1 unspecified atom stereocenters. The number of likely N-dealkylation sites (tertiary alicyclic amines) is 1. The predicted octanol–water partition coefficient (Wildman–Crippen LogP) is 2.39. The van der Waals surface area contributed by atoms with Gasteiger partial charge in [-0.15, -0.1) is 0 Å². The van der Waals surface area contributed by atoms with Gasteiger partial charge in [-0.05, 0) is 52.4 Å². The Morgan fingerprint density at radius 2 is 1.79 bits per heavy atom. The second-order valence-electron chi connectivity index (χ2n) is 8.27. The van der Waals surface area contributed by atoms with Crippen molar-refractivity contribution in [2.75, 3.05) is 26.2 Å². The first-order valence-electron chi connectivity index (χ1n) is 7.90. The van der Waals surface area contributed by atoms with E-state index in [2.05, 4.69) is 31.0 Å². The molecule has 2 N–H and O–H groups in total. The molecule has 1 saturated heterocycles. The highest BCUT2D eigenvalue weighted by atomic mass is 16.3. The van der Waals surface area contributed by atoms with Crippen LogP contribution >= 0.6 is 0 Å². The molecule has 0 bridgehead atoms. The smallest absolute Gasteiger partial charge is 0.0758 e. The number of nitrogens with one attached hydrogen (secondary N) is 1. The minimum Gasteiger partial charge on any atom is -0.389 e. The maximum Gasteiger partial charge on any atom is 0.0758 e. The molecule has 3 heteroatoms. The molecule has 0 radical (unpaired) electrons. The van der Waals surface area contributed by atoms with Crippen LogP contribution in [0.1, 0.15) is 59.8 Å². The summed E-state index contributed by atoms with van der Waals surface area (Å²) in [6, 6.07) is 0. The topological polar surface area (TPSA) is 35.5 Å². The van der Waals surface area contributed by atoms with Gasteiger partial charge in [0.2, 0.25) is 0 Å². The van der Waals surface area contributed by atoms with E-state index >= 15 is 0 Å². The van der Waals surface area contributed by atoms with Gasteiger partial charge >= 0.3 is 0 Å². The Kier molecular flexibility index (Phi) is 4.29. The zero-order chi connectivity index (χ0) is 14.1. The normalized spacial score (nSPS) is 32.1. The summed E-state index contributed by atoms with van der Waals surface area (Å²) in [5.74, 6) is 0. The fourth-order valence-corrected chi connectivity index (χ4v) is 3.62. The number of hydrogen-bond acceptors (Lipinski definition) is 3. The standard InChI is InChI=1S/C16H32N2O/c1-14(2,3)17-11-16(7-5-6-8-16)13-18-10-9-15(4,19)12-18/h17,19H,5-13H2,1-4H3. The molecule has 1 aliphatic carbocycles. The molecule has 1 atom stereocenters. The summed E-state index contributed by atoms with van der Waals surface area (Å²) in [6.45, 7) is 12.9. The van der Waals surface area contributed by atoms with Gasteiger partial charge in [-0.1, -0.05) is 12.8 Å². The van der Waals surface area contributed by atoms with E-state index in [4.69, 9.17) is 0 Å². The third kappa shape index (κ3) is 4.44. The lowest BCUT2D eigenvalue weighted by Crippen LogP contribution is -2.47. The molecule has 0 aromatic carbocycles. The van der Waals surface area contributed by atoms with E-state index in [9.17, 15) is 5.11 Å². The summed E-state index contributed by atoms with van der Waals surface area (Å²) in [4.78, 5) is 2.48. The molecule has 2 fully saturated rings. The number of aliphatic hydroxyl groups is 1. The number of β-amino-alcohol motifs (C(OH)–C–C–N with tert-alkyl or cyclic N) is 1. The Morgan fingerprint density at radius 3 is 2.26 bits per heavy atom. The average Bonchev–Trinajstić information content (AvgIpc) is 2.83. The Labute approximate surface area is 118 Å². The van der Waals surface area contributed by atoms with Crippen molar-refractivity contribution in [1.29, 1.82) is 0 Å². The molecule has 2 rings (SSSR count). The summed E-state index contributed by atoms with van der Waals surface area (Å²) in [7, 11) is 0. The SMILES string of the molecule is CC1(O)CCN(CC2(CNC(C)(C)C)CCCC2)C1. The molecule has 1 aliphatic heterocycles. The fourth-order valence-electron chi connectivity index (χ4n) is 3.62. The second kappa shape index (κ2) is 5.34. The largest absolute Gasteiger partial charge is 0.389 e. The lowest BCUT2D eigenvalue weighted by molar-refractivity contribution is 0.0600. The highest BCUT2D eigenvalue weighted by Crippen LogP contribution is 2.39. The first-order valence-corrected chi connectivity index (χ1v) is 7.90. The van der Waals surface area contributed by atoms with Gasteiger partial charge in [0.15, 0.2) is 0 Å². The van der Waals surface area contributed by atoms with E-state index in [1.807, 2.05) is 6.92 Å². The van der Waals surface area contributed by atoms with E-state index in [0.29, 0.717) is 5.41 Å². The van der Waals surface area contributed by atoms with E-state index in [0.717, 1.165) is 32.6 Å². The molecular weight excluding hydrogens is 236 g/mol. The van der Waals surface area contributed by atoms with Gasteiger partial charge in [-0.2, -0.15) is 0 Å². The van der Waals surface area contributed by atoms with Crippen LogP contribution in [0.4, 0.5) is 0 Å². The van der Waals surface area contributed by atoms with Crippen molar-refractivity contribution >= 4 is 0 Å². The molecule has 0 spiro atoms. The maximum absolute atomic E-state index is 10.1. The molecule has 19 heavy (non-hydrogen) atoms. The Balaban J connectivity index is 1.92. The summed E-state index contributed by atoms with van der Waals surface area (Å²) >= 11 is 0. The van der Waals surface area contributed by atoms with Gasteiger partial charge in [-0.3, -0.25) is 4.90 Å². The van der Waals surface area contributed by atoms with Crippen molar-refractivity contribution in [1.82, 2.24) is 10.2 Å². The van der Waals surface area contributed by atoms with Gasteiger partial charge < -0.3 is 10.4 Å². The van der Waals surface area contributed by atoms with E-state index in [1.54, 1.807) is 0 Å². The Hall–Kier alpha value is -0.120. The van der Waals surface area contributed by atoms with Crippen LogP contribution in [0.25, 0.3) is 0 Å². The zero-order valence-electron chi connectivity index (χ0n) is 13.3. The van der Waals surface area contributed by atoms with Gasteiger partial charge in [0.25, 0.3) is 0 Å². The van der Waals surface area contributed by atoms with E-state index in [-0.39, 0.29) is 5.54 Å². The van der Waals surface area contributed by atoms with Crippen molar-refractivity contribution in [2.24, 2.45) is 5.41 Å². The summed E-state index contributed by atoms with van der Waals surface area (Å²) in [6.07, 6.45) is 6.35. The molecule has 3 nitrogen and oxygen atoms in total. The minimum atomic E-state index is -0.461. The van der Waals surface area contributed by atoms with E-state index < -0.39 is 5.60 Å². The molecule has 112 valence electrons. The molecule has 2 aliphatic rings. The summed E-state index contributed by atoms with van der Waals surface area (Å²) in [5, 5.41) is 13.8. The molecule has 1 saturated carbocycles. The van der Waals surface area contributed by atoms with Crippen molar-refractivity contribution in [3.8, 4) is 0 Å². The molecule has 0 amide bonds. The first-order chi connectivity index (χ1) is 8.70. The highest BCUT2D eigenvalue weighted by Gasteiger charge is 2.40. The van der Waals surface area contributed by atoms with Crippen molar-refractivity contribution in [3.05, 3.63) is 0 Å². The van der Waals surface area contributed by atoms with Crippen LogP contribution in [-0.4, -0.2) is 47.3 Å². The summed E-state index contributed by atoms with van der Waals surface area (Å²) < 4.78 is 0. The second-order valence-corrected chi connectivity index (χ2v) is 8.27. The number of hydrogen-bond donors (Lipinski definition) is 2. The Bertz CT molecular complexity index is 300. The average molecular weight is 268 g/mol. The first kappa shape index (κ1) is 15.3. The molecule has 0 aromatic heterocycles. The highest BCUT2D eigenvalue weighted by molar-refractivity contribution is 4.95. The minimum absolute atomic E-state index is 0.200. The van der Waals surface area contributed by atoms with Crippen molar-refractivity contribution in [2.45, 2.75) is 70.9 Å². The number of nitrogens with zero attached hydrogens (tertiary/aromatic N) is 1. The van der Waals surface area contributed by atoms with Crippen molar-refractivity contribution in [3.63, 3.8) is 0 Å². The Morgan fingerprint density at radius 1 is 1.16 bits per heavy atom. The van der Waals surface area contributed by atoms with Gasteiger partial charge in [0, 0.05) is 31.7 Å². The molecule has 1 heterocycles.